The molecule has 0 aromatic heterocycles. The molecule has 0 spiro atoms. The van der Waals surface area contributed by atoms with Gasteiger partial charge in [-0.2, -0.15) is 0 Å². The molecule has 1 atom stereocenters. The molecule has 2 rings (SSSR count). The van der Waals surface area contributed by atoms with Crippen LogP contribution in [0.25, 0.3) is 0 Å². The van der Waals surface area contributed by atoms with E-state index in [0.29, 0.717) is 0 Å². The first kappa shape index (κ1) is 15.1. The summed E-state index contributed by atoms with van der Waals surface area (Å²) in [6.07, 6.45) is 0.776. The number of rotatable bonds is 5. The Kier molecular flexibility index (Phi) is 5.21. The third-order valence-electron chi connectivity index (χ3n) is 3.45. The van der Waals surface area contributed by atoms with Crippen LogP contribution < -0.4 is 4.74 Å². The molecule has 106 valence electrons. The molecule has 20 heavy (non-hydrogen) atoms. The van der Waals surface area contributed by atoms with Gasteiger partial charge in [0.25, 0.3) is 0 Å². The molecule has 2 aromatic carbocycles. The molecule has 2 aromatic rings. The highest BCUT2D eigenvalue weighted by Crippen LogP contribution is 2.28. The fourth-order valence-corrected chi connectivity index (χ4v) is 2.72. The first-order valence-corrected chi connectivity index (χ1v) is 7.43. The van der Waals surface area contributed by atoms with Gasteiger partial charge in [0, 0.05) is 10.4 Å². The van der Waals surface area contributed by atoms with Crippen molar-refractivity contribution in [2.45, 2.75) is 19.3 Å². The Morgan fingerprint density at radius 1 is 1.20 bits per heavy atom. The highest BCUT2D eigenvalue weighted by molar-refractivity contribution is 9.10. The molecule has 1 N–H and O–H groups in total. The van der Waals surface area contributed by atoms with E-state index in [1.54, 1.807) is 7.11 Å². The van der Waals surface area contributed by atoms with E-state index in [-0.39, 0.29) is 12.5 Å². The number of hydrogen-bond acceptors (Lipinski definition) is 2. The summed E-state index contributed by atoms with van der Waals surface area (Å²) >= 11 is 3.57. The van der Waals surface area contributed by atoms with E-state index in [9.17, 15) is 5.11 Å². The van der Waals surface area contributed by atoms with Gasteiger partial charge in [-0.3, -0.25) is 0 Å². The van der Waals surface area contributed by atoms with Crippen LogP contribution >= 0.6 is 15.9 Å². The smallest absolute Gasteiger partial charge is 0.119 e. The summed E-state index contributed by atoms with van der Waals surface area (Å²) < 4.78 is 6.31. The standard InChI is InChI=1S/C17H19BrO2/c1-12-4-3-5-13(8-12)15(11-19)9-14-10-16(20-2)6-7-17(14)18/h3-8,10,15,19H,9,11H2,1-2H3. The molecule has 0 aliphatic carbocycles. The van der Waals surface area contributed by atoms with Crippen molar-refractivity contribution in [3.63, 3.8) is 0 Å². The number of methoxy groups -OCH3 is 1. The van der Waals surface area contributed by atoms with E-state index < -0.39 is 0 Å². The van der Waals surface area contributed by atoms with Crippen molar-refractivity contribution >= 4 is 15.9 Å². The molecule has 0 bridgehead atoms. The molecule has 0 aliphatic heterocycles. The van der Waals surface area contributed by atoms with Crippen LogP contribution in [0.1, 0.15) is 22.6 Å². The van der Waals surface area contributed by atoms with E-state index in [1.165, 1.54) is 11.1 Å². The number of aliphatic hydroxyl groups is 1. The Morgan fingerprint density at radius 3 is 2.65 bits per heavy atom. The second-order valence-corrected chi connectivity index (χ2v) is 5.81. The number of aliphatic hydroxyl groups excluding tert-OH is 1. The summed E-state index contributed by atoms with van der Waals surface area (Å²) in [5.74, 6) is 0.933. The minimum Gasteiger partial charge on any atom is -0.497 e. The molecule has 1 unspecified atom stereocenters. The van der Waals surface area contributed by atoms with Gasteiger partial charge in [0.15, 0.2) is 0 Å². The van der Waals surface area contributed by atoms with Crippen LogP contribution in [0.3, 0.4) is 0 Å². The van der Waals surface area contributed by atoms with E-state index >= 15 is 0 Å². The molecule has 2 nitrogen and oxygen atoms in total. The Labute approximate surface area is 128 Å². The van der Waals surface area contributed by atoms with Gasteiger partial charge in [-0.15, -0.1) is 0 Å². The predicted octanol–water partition coefficient (Wildman–Crippen LogP) is 4.08. The van der Waals surface area contributed by atoms with Gasteiger partial charge >= 0.3 is 0 Å². The normalized spacial score (nSPS) is 12.2. The molecule has 3 heteroatoms. The van der Waals surface area contributed by atoms with Crippen molar-refractivity contribution in [3.8, 4) is 5.75 Å². The second kappa shape index (κ2) is 6.91. The monoisotopic (exact) mass is 334 g/mol. The molecular formula is C17H19BrO2. The average Bonchev–Trinajstić information content (AvgIpc) is 2.46. The lowest BCUT2D eigenvalue weighted by Crippen LogP contribution is -2.08. The summed E-state index contributed by atoms with van der Waals surface area (Å²) in [6, 6.07) is 14.2. The van der Waals surface area contributed by atoms with Crippen molar-refractivity contribution in [1.29, 1.82) is 0 Å². The zero-order valence-electron chi connectivity index (χ0n) is 11.8. The summed E-state index contributed by atoms with van der Waals surface area (Å²) in [6.45, 7) is 2.20. The Balaban J connectivity index is 2.26. The van der Waals surface area contributed by atoms with Crippen LogP contribution in [0.2, 0.25) is 0 Å². The first-order chi connectivity index (χ1) is 9.63. The third-order valence-corrected chi connectivity index (χ3v) is 4.23. The quantitative estimate of drug-likeness (QED) is 0.892. The van der Waals surface area contributed by atoms with Gasteiger partial charge in [-0.25, -0.2) is 0 Å². The molecule has 0 amide bonds. The molecule has 0 fully saturated rings. The van der Waals surface area contributed by atoms with E-state index in [2.05, 4.69) is 41.1 Å². The highest BCUT2D eigenvalue weighted by atomic mass is 79.9. The van der Waals surface area contributed by atoms with Crippen LogP contribution in [0.15, 0.2) is 46.9 Å². The largest absolute Gasteiger partial charge is 0.497 e. The minimum absolute atomic E-state index is 0.0957. The number of ether oxygens (including phenoxy) is 1. The zero-order valence-corrected chi connectivity index (χ0v) is 13.4. The van der Waals surface area contributed by atoms with Crippen molar-refractivity contribution in [3.05, 3.63) is 63.6 Å². The Hall–Kier alpha value is -1.32. The van der Waals surface area contributed by atoms with Crippen molar-refractivity contribution < 1.29 is 9.84 Å². The van der Waals surface area contributed by atoms with Crippen LogP contribution in [0, 0.1) is 6.92 Å². The topological polar surface area (TPSA) is 29.5 Å². The fourth-order valence-electron chi connectivity index (χ4n) is 2.31. The second-order valence-electron chi connectivity index (χ2n) is 4.96. The van der Waals surface area contributed by atoms with Crippen molar-refractivity contribution in [1.82, 2.24) is 0 Å². The Bertz CT molecular complexity index is 581. The van der Waals surface area contributed by atoms with Gasteiger partial charge in [0.1, 0.15) is 5.75 Å². The SMILES string of the molecule is COc1ccc(Br)c(CC(CO)c2cccc(C)c2)c1. The lowest BCUT2D eigenvalue weighted by atomic mass is 9.92. The molecule has 0 saturated carbocycles. The fraction of sp³-hybridized carbons (Fsp3) is 0.294. The van der Waals surface area contributed by atoms with Crippen LogP contribution in [-0.4, -0.2) is 18.8 Å². The predicted molar refractivity (Wildman–Crippen MR) is 85.4 cm³/mol. The van der Waals surface area contributed by atoms with E-state index in [1.807, 2.05) is 24.3 Å². The number of aryl methyl sites for hydroxylation is 1. The highest BCUT2D eigenvalue weighted by Gasteiger charge is 2.14. The van der Waals surface area contributed by atoms with E-state index in [4.69, 9.17) is 4.74 Å². The van der Waals surface area contributed by atoms with Gasteiger partial charge in [-0.1, -0.05) is 45.8 Å². The summed E-state index contributed by atoms with van der Waals surface area (Å²) in [5, 5.41) is 9.70. The van der Waals surface area contributed by atoms with E-state index in [0.717, 1.165) is 22.2 Å². The first-order valence-electron chi connectivity index (χ1n) is 6.64. The number of benzene rings is 2. The average molecular weight is 335 g/mol. The Morgan fingerprint density at radius 2 is 2.00 bits per heavy atom. The van der Waals surface area contributed by atoms with Crippen LogP contribution in [0.5, 0.6) is 5.75 Å². The minimum atomic E-state index is 0.0957. The maximum absolute atomic E-state index is 9.70. The van der Waals surface area contributed by atoms with Crippen LogP contribution in [-0.2, 0) is 6.42 Å². The van der Waals surface area contributed by atoms with Gasteiger partial charge < -0.3 is 9.84 Å². The van der Waals surface area contributed by atoms with Crippen molar-refractivity contribution in [2.24, 2.45) is 0 Å². The molecule has 0 saturated heterocycles. The molecule has 0 radical (unpaired) electrons. The third kappa shape index (κ3) is 3.62. The van der Waals surface area contributed by atoms with Crippen LogP contribution in [0.4, 0.5) is 0 Å². The van der Waals surface area contributed by atoms with Gasteiger partial charge in [0.05, 0.1) is 13.7 Å². The number of halogens is 1. The van der Waals surface area contributed by atoms with Gasteiger partial charge in [0.2, 0.25) is 0 Å². The molecule has 0 heterocycles. The lowest BCUT2D eigenvalue weighted by Gasteiger charge is -2.17. The maximum atomic E-state index is 9.70. The summed E-state index contributed by atoms with van der Waals surface area (Å²) in [7, 11) is 1.66. The zero-order chi connectivity index (χ0) is 14.5. The summed E-state index contributed by atoms with van der Waals surface area (Å²) in [4.78, 5) is 0. The summed E-state index contributed by atoms with van der Waals surface area (Å²) in [5.41, 5.74) is 3.53. The molecular weight excluding hydrogens is 316 g/mol. The molecule has 0 aliphatic rings. The lowest BCUT2D eigenvalue weighted by molar-refractivity contribution is 0.264. The van der Waals surface area contributed by atoms with Crippen molar-refractivity contribution in [2.75, 3.05) is 13.7 Å². The maximum Gasteiger partial charge on any atom is 0.119 e. The van der Waals surface area contributed by atoms with Gasteiger partial charge in [-0.05, 0) is 42.7 Å². The number of hydrogen-bond donors (Lipinski definition) is 1.